The van der Waals surface area contributed by atoms with Crippen molar-refractivity contribution in [3.05, 3.63) is 35.9 Å². The maximum absolute atomic E-state index is 12.2. The van der Waals surface area contributed by atoms with Crippen molar-refractivity contribution in [3.63, 3.8) is 0 Å². The number of nitrogens with one attached hydrogen (secondary N) is 1. The van der Waals surface area contributed by atoms with E-state index in [0.29, 0.717) is 5.06 Å². The highest BCUT2D eigenvalue weighted by molar-refractivity contribution is 6.01. The minimum Gasteiger partial charge on any atom is -0.459 e. The van der Waals surface area contributed by atoms with Crippen LogP contribution in [0.1, 0.15) is 38.2 Å². The first-order valence-corrected chi connectivity index (χ1v) is 8.41. The number of carbonyl (C=O) groups excluding carboxylic acids is 5. The minimum atomic E-state index is -1.05. The summed E-state index contributed by atoms with van der Waals surface area (Å²) >= 11 is 0. The molecule has 1 aliphatic rings. The molecule has 0 bridgehead atoms. The summed E-state index contributed by atoms with van der Waals surface area (Å²) in [4.78, 5) is 63.0. The number of esters is 1. The van der Waals surface area contributed by atoms with Crippen molar-refractivity contribution in [1.29, 1.82) is 0 Å². The lowest BCUT2D eigenvalue weighted by molar-refractivity contribution is -0.197. The van der Waals surface area contributed by atoms with E-state index in [1.807, 2.05) is 6.07 Å². The SMILES string of the molecule is CC(=O)N[C@@H](CCC(=O)ON1C(=O)CCC1=O)C(=O)OCc1ccccc1. The Morgan fingerprint density at radius 2 is 1.74 bits per heavy atom. The number of hydrogen-bond donors (Lipinski definition) is 1. The molecule has 1 aromatic rings. The van der Waals surface area contributed by atoms with Crippen LogP contribution in [0.2, 0.25) is 0 Å². The van der Waals surface area contributed by atoms with Gasteiger partial charge in [-0.15, -0.1) is 5.06 Å². The molecule has 0 aromatic heterocycles. The van der Waals surface area contributed by atoms with Crippen LogP contribution in [0.3, 0.4) is 0 Å². The van der Waals surface area contributed by atoms with Crippen LogP contribution in [0, 0.1) is 0 Å². The Bertz CT molecular complexity index is 716. The lowest BCUT2D eigenvalue weighted by atomic mass is 10.1. The van der Waals surface area contributed by atoms with E-state index in [0.717, 1.165) is 5.56 Å². The second-order valence-electron chi connectivity index (χ2n) is 5.93. The number of hydrogen-bond acceptors (Lipinski definition) is 7. The van der Waals surface area contributed by atoms with E-state index in [-0.39, 0.29) is 32.3 Å². The third kappa shape index (κ3) is 6.21. The maximum Gasteiger partial charge on any atom is 0.333 e. The quantitative estimate of drug-likeness (QED) is 0.522. The largest absolute Gasteiger partial charge is 0.459 e. The van der Waals surface area contributed by atoms with Gasteiger partial charge in [0.2, 0.25) is 5.91 Å². The Labute approximate surface area is 155 Å². The average Bonchev–Trinajstić information content (AvgIpc) is 2.95. The molecule has 1 aromatic carbocycles. The molecule has 1 N–H and O–H groups in total. The molecule has 1 saturated heterocycles. The van der Waals surface area contributed by atoms with E-state index in [4.69, 9.17) is 9.57 Å². The zero-order valence-corrected chi connectivity index (χ0v) is 14.8. The van der Waals surface area contributed by atoms with Crippen LogP contribution in [-0.4, -0.2) is 40.8 Å². The Hall–Kier alpha value is -3.23. The molecule has 2 rings (SSSR count). The summed E-state index contributed by atoms with van der Waals surface area (Å²) in [5.74, 6) is -3.20. The summed E-state index contributed by atoms with van der Waals surface area (Å²) in [5.41, 5.74) is 0.776. The second-order valence-corrected chi connectivity index (χ2v) is 5.93. The highest BCUT2D eigenvalue weighted by Crippen LogP contribution is 2.13. The first-order valence-electron chi connectivity index (χ1n) is 8.41. The first-order chi connectivity index (χ1) is 12.9. The fourth-order valence-corrected chi connectivity index (χ4v) is 2.39. The highest BCUT2D eigenvalue weighted by Gasteiger charge is 2.33. The molecule has 0 radical (unpaired) electrons. The van der Waals surface area contributed by atoms with Gasteiger partial charge in [-0.3, -0.25) is 14.4 Å². The van der Waals surface area contributed by atoms with E-state index < -0.39 is 35.7 Å². The van der Waals surface area contributed by atoms with Crippen molar-refractivity contribution < 1.29 is 33.5 Å². The molecule has 1 aliphatic heterocycles. The molecule has 1 heterocycles. The Kier molecular flexibility index (Phi) is 7.04. The van der Waals surface area contributed by atoms with Gasteiger partial charge in [0.1, 0.15) is 12.6 Å². The van der Waals surface area contributed by atoms with Gasteiger partial charge in [-0.05, 0) is 12.0 Å². The molecule has 9 nitrogen and oxygen atoms in total. The van der Waals surface area contributed by atoms with Gasteiger partial charge >= 0.3 is 11.9 Å². The van der Waals surface area contributed by atoms with Gasteiger partial charge in [-0.2, -0.15) is 0 Å². The fraction of sp³-hybridized carbons (Fsp3) is 0.389. The predicted molar refractivity (Wildman–Crippen MR) is 90.3 cm³/mol. The van der Waals surface area contributed by atoms with Gasteiger partial charge in [0, 0.05) is 19.8 Å². The minimum absolute atomic E-state index is 0.00750. The molecular formula is C18H20N2O7. The molecule has 0 saturated carbocycles. The van der Waals surface area contributed by atoms with Crippen LogP contribution in [-0.2, 0) is 40.2 Å². The summed E-state index contributed by atoms with van der Waals surface area (Å²) < 4.78 is 5.17. The Morgan fingerprint density at radius 3 is 2.33 bits per heavy atom. The van der Waals surface area contributed by atoms with Crippen molar-refractivity contribution in [1.82, 2.24) is 10.4 Å². The Morgan fingerprint density at radius 1 is 1.11 bits per heavy atom. The van der Waals surface area contributed by atoms with Crippen molar-refractivity contribution in [2.45, 2.75) is 45.3 Å². The Balaban J connectivity index is 1.86. The summed E-state index contributed by atoms with van der Waals surface area (Å²) in [6, 6.07) is 7.93. The second kappa shape index (κ2) is 9.46. The molecule has 3 amide bonds. The lowest BCUT2D eigenvalue weighted by Crippen LogP contribution is -2.41. The summed E-state index contributed by atoms with van der Waals surface area (Å²) in [6.07, 6.45) is -0.399. The van der Waals surface area contributed by atoms with Crippen LogP contribution < -0.4 is 5.32 Å². The molecule has 0 unspecified atom stereocenters. The molecule has 0 aliphatic carbocycles. The zero-order chi connectivity index (χ0) is 19.8. The average molecular weight is 376 g/mol. The molecule has 0 spiro atoms. The molecular weight excluding hydrogens is 356 g/mol. The predicted octanol–water partition coefficient (Wildman–Crippen LogP) is 0.622. The smallest absolute Gasteiger partial charge is 0.333 e. The van der Waals surface area contributed by atoms with Crippen molar-refractivity contribution in [2.24, 2.45) is 0 Å². The van der Waals surface area contributed by atoms with Gasteiger partial charge in [-0.25, -0.2) is 9.59 Å². The maximum atomic E-state index is 12.2. The van der Waals surface area contributed by atoms with Crippen molar-refractivity contribution >= 4 is 29.7 Å². The number of carbonyl (C=O) groups is 5. The van der Waals surface area contributed by atoms with Gasteiger partial charge in [0.15, 0.2) is 0 Å². The zero-order valence-electron chi connectivity index (χ0n) is 14.8. The summed E-state index contributed by atoms with van der Waals surface area (Å²) in [6.45, 7) is 1.26. The molecule has 1 fully saturated rings. The van der Waals surface area contributed by atoms with Gasteiger partial charge in [0.05, 0.1) is 6.42 Å². The monoisotopic (exact) mass is 376 g/mol. The molecule has 27 heavy (non-hydrogen) atoms. The topological polar surface area (TPSA) is 119 Å². The number of benzene rings is 1. The van der Waals surface area contributed by atoms with Crippen LogP contribution >= 0.6 is 0 Å². The van der Waals surface area contributed by atoms with Gasteiger partial charge < -0.3 is 14.9 Å². The number of amides is 3. The van der Waals surface area contributed by atoms with Gasteiger partial charge in [0.25, 0.3) is 11.8 Å². The van der Waals surface area contributed by atoms with Crippen LogP contribution in [0.5, 0.6) is 0 Å². The number of ether oxygens (including phenoxy) is 1. The van der Waals surface area contributed by atoms with E-state index in [2.05, 4.69) is 5.32 Å². The van der Waals surface area contributed by atoms with Crippen molar-refractivity contribution in [3.8, 4) is 0 Å². The van der Waals surface area contributed by atoms with Crippen LogP contribution in [0.15, 0.2) is 30.3 Å². The third-order valence-corrected chi connectivity index (χ3v) is 3.72. The van der Waals surface area contributed by atoms with Crippen LogP contribution in [0.4, 0.5) is 0 Å². The van der Waals surface area contributed by atoms with Gasteiger partial charge in [-0.1, -0.05) is 30.3 Å². The van der Waals surface area contributed by atoms with Crippen LogP contribution in [0.25, 0.3) is 0 Å². The number of nitrogens with zero attached hydrogens (tertiary/aromatic N) is 1. The molecule has 1 atom stereocenters. The van der Waals surface area contributed by atoms with Crippen molar-refractivity contribution in [2.75, 3.05) is 0 Å². The van der Waals surface area contributed by atoms with E-state index in [1.165, 1.54) is 6.92 Å². The van der Waals surface area contributed by atoms with E-state index in [9.17, 15) is 24.0 Å². The summed E-state index contributed by atoms with van der Waals surface area (Å²) in [7, 11) is 0. The van der Waals surface area contributed by atoms with E-state index >= 15 is 0 Å². The highest BCUT2D eigenvalue weighted by atomic mass is 16.7. The third-order valence-electron chi connectivity index (χ3n) is 3.72. The lowest BCUT2D eigenvalue weighted by Gasteiger charge is -2.17. The van der Waals surface area contributed by atoms with E-state index in [1.54, 1.807) is 24.3 Å². The number of rotatable bonds is 8. The molecule has 9 heteroatoms. The first kappa shape index (κ1) is 20.1. The summed E-state index contributed by atoms with van der Waals surface area (Å²) in [5, 5.41) is 2.85. The number of imide groups is 1. The fourth-order valence-electron chi connectivity index (χ4n) is 2.39. The molecule has 144 valence electrons. The number of hydroxylamine groups is 2. The standard InChI is InChI=1S/C18H20N2O7/c1-12(21)19-14(18(25)26-11-13-5-3-2-4-6-13)7-10-17(24)27-20-15(22)8-9-16(20)23/h2-6,14H,7-11H2,1H3,(H,19,21)/t14-/m0/s1. The normalized spacial score (nSPS) is 14.6.